The number of hydrogen-bond acceptors (Lipinski definition) is 3. The molecule has 0 radical (unpaired) electrons. The van der Waals surface area contributed by atoms with Crippen LogP contribution in [0.25, 0.3) is 21.9 Å². The van der Waals surface area contributed by atoms with Crippen LogP contribution in [0, 0.1) is 0 Å². The van der Waals surface area contributed by atoms with Crippen molar-refractivity contribution in [3.63, 3.8) is 0 Å². The molecule has 3 rings (SSSR count). The maximum absolute atomic E-state index is 5.59. The maximum atomic E-state index is 5.59. The second-order valence-corrected chi connectivity index (χ2v) is 4.44. The number of hydrogen-bond donors (Lipinski definition) is 1. The standard InChI is InChI=1S/C16H16N2O/c1-2-17-11-16-14(7-9-19-16)13-5-3-4-12-6-8-18-10-15(12)13/h3-10,17H,2,11H2,1H3. The Labute approximate surface area is 112 Å². The Morgan fingerprint density at radius 1 is 1.16 bits per heavy atom. The normalized spacial score (nSPS) is 11.0. The average molecular weight is 252 g/mol. The smallest absolute Gasteiger partial charge is 0.125 e. The lowest BCUT2D eigenvalue weighted by Gasteiger charge is -2.07. The van der Waals surface area contributed by atoms with E-state index in [1.807, 2.05) is 24.5 Å². The van der Waals surface area contributed by atoms with Gasteiger partial charge in [0.25, 0.3) is 0 Å². The van der Waals surface area contributed by atoms with Crippen molar-refractivity contribution in [2.75, 3.05) is 6.54 Å². The quantitative estimate of drug-likeness (QED) is 0.771. The summed E-state index contributed by atoms with van der Waals surface area (Å²) in [4.78, 5) is 4.23. The number of aromatic nitrogens is 1. The lowest BCUT2D eigenvalue weighted by Crippen LogP contribution is -2.11. The van der Waals surface area contributed by atoms with Crippen molar-refractivity contribution < 1.29 is 4.42 Å². The first-order chi connectivity index (χ1) is 9.40. The molecule has 0 saturated carbocycles. The predicted molar refractivity (Wildman–Crippen MR) is 76.8 cm³/mol. The molecular formula is C16H16N2O. The van der Waals surface area contributed by atoms with Crippen molar-refractivity contribution in [3.8, 4) is 11.1 Å². The molecule has 0 spiro atoms. The third kappa shape index (κ3) is 2.25. The van der Waals surface area contributed by atoms with Crippen LogP contribution < -0.4 is 5.32 Å². The van der Waals surface area contributed by atoms with Gasteiger partial charge in [0, 0.05) is 23.3 Å². The molecule has 0 aliphatic carbocycles. The number of fused-ring (bicyclic) bond motifs is 1. The van der Waals surface area contributed by atoms with E-state index in [1.54, 1.807) is 6.26 Å². The van der Waals surface area contributed by atoms with E-state index in [1.165, 1.54) is 10.9 Å². The Morgan fingerprint density at radius 3 is 3.00 bits per heavy atom. The van der Waals surface area contributed by atoms with E-state index in [-0.39, 0.29) is 0 Å². The van der Waals surface area contributed by atoms with E-state index in [2.05, 4.69) is 35.4 Å². The van der Waals surface area contributed by atoms with Crippen molar-refractivity contribution >= 4 is 10.8 Å². The number of pyridine rings is 1. The lowest BCUT2D eigenvalue weighted by atomic mass is 10.00. The Morgan fingerprint density at radius 2 is 2.11 bits per heavy atom. The van der Waals surface area contributed by atoms with Gasteiger partial charge in [0.2, 0.25) is 0 Å². The van der Waals surface area contributed by atoms with Gasteiger partial charge in [0.15, 0.2) is 0 Å². The zero-order chi connectivity index (χ0) is 13.1. The second-order valence-electron chi connectivity index (χ2n) is 4.44. The van der Waals surface area contributed by atoms with Gasteiger partial charge >= 0.3 is 0 Å². The van der Waals surface area contributed by atoms with Gasteiger partial charge in [-0.2, -0.15) is 0 Å². The molecule has 0 aliphatic heterocycles. The Bertz CT molecular complexity index is 683. The van der Waals surface area contributed by atoms with Crippen molar-refractivity contribution in [2.24, 2.45) is 0 Å². The Kier molecular flexibility index (Phi) is 3.29. The van der Waals surface area contributed by atoms with Crippen molar-refractivity contribution in [2.45, 2.75) is 13.5 Å². The van der Waals surface area contributed by atoms with E-state index < -0.39 is 0 Å². The fourth-order valence-electron chi connectivity index (χ4n) is 2.30. The van der Waals surface area contributed by atoms with Crippen LogP contribution in [0.5, 0.6) is 0 Å². The highest BCUT2D eigenvalue weighted by atomic mass is 16.3. The van der Waals surface area contributed by atoms with Crippen molar-refractivity contribution in [1.82, 2.24) is 10.3 Å². The van der Waals surface area contributed by atoms with Gasteiger partial charge < -0.3 is 9.73 Å². The molecule has 0 amide bonds. The highest BCUT2D eigenvalue weighted by molar-refractivity contribution is 5.96. The zero-order valence-electron chi connectivity index (χ0n) is 10.9. The molecule has 3 nitrogen and oxygen atoms in total. The molecule has 0 atom stereocenters. The number of rotatable bonds is 4. The summed E-state index contributed by atoms with van der Waals surface area (Å²) in [7, 11) is 0. The van der Waals surface area contributed by atoms with Gasteiger partial charge in [-0.15, -0.1) is 0 Å². The molecule has 0 aliphatic rings. The van der Waals surface area contributed by atoms with Crippen molar-refractivity contribution in [3.05, 3.63) is 54.7 Å². The molecule has 0 bridgehead atoms. The Balaban J connectivity index is 2.12. The van der Waals surface area contributed by atoms with Gasteiger partial charge in [0.05, 0.1) is 12.8 Å². The summed E-state index contributed by atoms with van der Waals surface area (Å²) in [5.41, 5.74) is 2.31. The first-order valence-corrected chi connectivity index (χ1v) is 6.50. The first-order valence-electron chi connectivity index (χ1n) is 6.50. The third-order valence-corrected chi connectivity index (χ3v) is 3.25. The molecule has 3 aromatic rings. The van der Waals surface area contributed by atoms with E-state index in [4.69, 9.17) is 4.42 Å². The molecule has 1 aromatic carbocycles. The molecule has 19 heavy (non-hydrogen) atoms. The van der Waals surface area contributed by atoms with E-state index in [9.17, 15) is 0 Å². The van der Waals surface area contributed by atoms with Crippen LogP contribution in [0.3, 0.4) is 0 Å². The minimum atomic E-state index is 0.746. The minimum absolute atomic E-state index is 0.746. The second kappa shape index (κ2) is 5.24. The van der Waals surface area contributed by atoms with Gasteiger partial charge in [-0.25, -0.2) is 0 Å². The van der Waals surface area contributed by atoms with E-state index in [0.29, 0.717) is 0 Å². The molecular weight excluding hydrogens is 236 g/mol. The van der Waals surface area contributed by atoms with Crippen LogP contribution in [0.2, 0.25) is 0 Å². The zero-order valence-corrected chi connectivity index (χ0v) is 10.9. The Hall–Kier alpha value is -2.13. The van der Waals surface area contributed by atoms with Gasteiger partial charge in [-0.3, -0.25) is 4.98 Å². The maximum Gasteiger partial charge on any atom is 0.125 e. The summed E-state index contributed by atoms with van der Waals surface area (Å²) in [6.45, 7) is 3.76. The molecule has 2 aromatic heterocycles. The summed E-state index contributed by atoms with van der Waals surface area (Å²) in [6.07, 6.45) is 5.48. The SMILES string of the molecule is CCNCc1occc1-c1cccc2ccncc12. The number of benzene rings is 1. The predicted octanol–water partition coefficient (Wildman–Crippen LogP) is 3.60. The molecule has 0 saturated heterocycles. The van der Waals surface area contributed by atoms with Crippen LogP contribution in [-0.4, -0.2) is 11.5 Å². The number of nitrogens with zero attached hydrogens (tertiary/aromatic N) is 1. The highest BCUT2D eigenvalue weighted by Crippen LogP contribution is 2.31. The highest BCUT2D eigenvalue weighted by Gasteiger charge is 2.11. The van der Waals surface area contributed by atoms with Crippen LogP contribution in [0.4, 0.5) is 0 Å². The van der Waals surface area contributed by atoms with Crippen LogP contribution in [0.1, 0.15) is 12.7 Å². The monoisotopic (exact) mass is 252 g/mol. The van der Waals surface area contributed by atoms with E-state index in [0.717, 1.165) is 29.8 Å². The molecule has 3 heteroatoms. The number of furan rings is 1. The molecule has 1 N–H and O–H groups in total. The summed E-state index contributed by atoms with van der Waals surface area (Å²) >= 11 is 0. The van der Waals surface area contributed by atoms with E-state index >= 15 is 0 Å². The minimum Gasteiger partial charge on any atom is -0.467 e. The van der Waals surface area contributed by atoms with Crippen molar-refractivity contribution in [1.29, 1.82) is 0 Å². The molecule has 2 heterocycles. The summed E-state index contributed by atoms with van der Waals surface area (Å²) in [5.74, 6) is 0.971. The fraction of sp³-hybridized carbons (Fsp3) is 0.188. The lowest BCUT2D eigenvalue weighted by molar-refractivity contribution is 0.489. The number of nitrogens with one attached hydrogen (secondary N) is 1. The molecule has 0 fully saturated rings. The van der Waals surface area contributed by atoms with Gasteiger partial charge in [0.1, 0.15) is 5.76 Å². The summed E-state index contributed by atoms with van der Waals surface area (Å²) < 4.78 is 5.59. The van der Waals surface area contributed by atoms with Crippen LogP contribution in [0.15, 0.2) is 53.4 Å². The summed E-state index contributed by atoms with van der Waals surface area (Å²) in [6, 6.07) is 10.3. The van der Waals surface area contributed by atoms with Gasteiger partial charge in [-0.1, -0.05) is 25.1 Å². The fourth-order valence-corrected chi connectivity index (χ4v) is 2.30. The molecule has 0 unspecified atom stereocenters. The average Bonchev–Trinajstić information content (AvgIpc) is 2.92. The van der Waals surface area contributed by atoms with Gasteiger partial charge in [-0.05, 0) is 29.6 Å². The summed E-state index contributed by atoms with van der Waals surface area (Å²) in [5, 5.41) is 5.65. The largest absolute Gasteiger partial charge is 0.467 e. The molecule has 96 valence electrons. The van der Waals surface area contributed by atoms with Crippen LogP contribution >= 0.6 is 0 Å². The topological polar surface area (TPSA) is 38.1 Å². The first kappa shape index (κ1) is 11.9. The third-order valence-electron chi connectivity index (χ3n) is 3.25. The van der Waals surface area contributed by atoms with Crippen LogP contribution in [-0.2, 0) is 6.54 Å².